The third-order valence-electron chi connectivity index (χ3n) is 5.54. The Labute approximate surface area is 221 Å². The molecule has 0 heterocycles. The van der Waals surface area contributed by atoms with Crippen LogP contribution in [0.25, 0.3) is 0 Å². The molecule has 0 fully saturated rings. The Morgan fingerprint density at radius 3 is 1.61 bits per heavy atom. The Kier molecular flexibility index (Phi) is 12.4. The summed E-state index contributed by atoms with van der Waals surface area (Å²) in [6.45, 7) is -0.119. The van der Waals surface area contributed by atoms with E-state index in [0.29, 0.717) is 22.7 Å². The Bertz CT molecular complexity index is 966. The number of esters is 4. The number of benzene rings is 2. The molecule has 0 spiro atoms. The first-order valence-electron chi connectivity index (χ1n) is 11.8. The molecule has 2 rings (SSSR count). The summed E-state index contributed by atoms with van der Waals surface area (Å²) in [4.78, 5) is 49.2. The molecule has 0 aromatic heterocycles. The number of anilines is 1. The fourth-order valence-electron chi connectivity index (χ4n) is 3.62. The first kappa shape index (κ1) is 29.9. The Morgan fingerprint density at radius 1 is 0.632 bits per heavy atom. The second-order valence-corrected chi connectivity index (χ2v) is 7.97. The first-order valence-corrected chi connectivity index (χ1v) is 11.8. The zero-order valence-electron chi connectivity index (χ0n) is 22.0. The molecule has 0 aliphatic rings. The molecule has 2 aromatic rings. The Morgan fingerprint density at radius 2 is 1.08 bits per heavy atom. The van der Waals surface area contributed by atoms with Gasteiger partial charge in [0.25, 0.3) is 0 Å². The number of carbonyl (C=O) groups is 4. The van der Waals surface area contributed by atoms with Crippen LogP contribution < -0.4 is 14.4 Å². The number of para-hydroxylation sites is 3. The molecular weight excluding hydrogens is 498 g/mol. The lowest BCUT2D eigenvalue weighted by molar-refractivity contribution is -0.144. The largest absolute Gasteiger partial charge is 0.490 e. The minimum atomic E-state index is -0.530. The number of rotatable bonds is 15. The molecule has 38 heavy (non-hydrogen) atoms. The van der Waals surface area contributed by atoms with Crippen molar-refractivity contribution in [3.8, 4) is 11.5 Å². The van der Waals surface area contributed by atoms with E-state index in [1.807, 2.05) is 0 Å². The normalized spacial score (nSPS) is 10.3. The average Bonchev–Trinajstić information content (AvgIpc) is 2.94. The third-order valence-corrected chi connectivity index (χ3v) is 5.54. The van der Waals surface area contributed by atoms with Crippen molar-refractivity contribution in [2.75, 3.05) is 59.6 Å². The van der Waals surface area contributed by atoms with E-state index in [1.54, 1.807) is 48.5 Å². The zero-order valence-corrected chi connectivity index (χ0v) is 22.0. The van der Waals surface area contributed by atoms with Crippen molar-refractivity contribution in [1.82, 2.24) is 0 Å². The summed E-state index contributed by atoms with van der Waals surface area (Å²) >= 11 is 0. The van der Waals surface area contributed by atoms with Gasteiger partial charge in [-0.3, -0.25) is 19.2 Å². The standard InChI is InChI=1S/C27H33NO10/c1-33-24(29)15-19(16-25(30)34-2)20-9-5-7-11-22(20)37-13-14-38-23-12-8-6-10-21(23)28(17-26(31)35-3)18-27(32)36-4/h5-12,19H,13-18H2,1-4H3. The van der Waals surface area contributed by atoms with Crippen LogP contribution in [0.1, 0.15) is 24.3 Å². The lowest BCUT2D eigenvalue weighted by Crippen LogP contribution is -2.36. The number of carbonyl (C=O) groups excluding carboxylic acids is 4. The Balaban J connectivity index is 2.14. The molecule has 0 saturated heterocycles. The SMILES string of the molecule is COC(=O)CC(CC(=O)OC)c1ccccc1OCCOc1ccccc1N(CC(=O)OC)CC(=O)OC. The van der Waals surface area contributed by atoms with Gasteiger partial charge in [0.15, 0.2) is 0 Å². The van der Waals surface area contributed by atoms with E-state index in [0.717, 1.165) is 0 Å². The third kappa shape index (κ3) is 9.30. The van der Waals surface area contributed by atoms with E-state index in [-0.39, 0.29) is 39.1 Å². The minimum absolute atomic E-state index is 0.0218. The van der Waals surface area contributed by atoms with E-state index >= 15 is 0 Å². The molecule has 2 aromatic carbocycles. The molecule has 0 aliphatic carbocycles. The highest BCUT2D eigenvalue weighted by molar-refractivity contribution is 5.82. The molecule has 0 saturated carbocycles. The van der Waals surface area contributed by atoms with Crippen molar-refractivity contribution in [2.24, 2.45) is 0 Å². The van der Waals surface area contributed by atoms with Gasteiger partial charge in [-0.1, -0.05) is 30.3 Å². The van der Waals surface area contributed by atoms with Gasteiger partial charge in [0.1, 0.15) is 37.8 Å². The number of ether oxygens (including phenoxy) is 6. The van der Waals surface area contributed by atoms with Crippen molar-refractivity contribution in [2.45, 2.75) is 18.8 Å². The highest BCUT2D eigenvalue weighted by Crippen LogP contribution is 2.33. The molecule has 0 aliphatic heterocycles. The van der Waals surface area contributed by atoms with Crippen LogP contribution in [0.5, 0.6) is 11.5 Å². The lowest BCUT2D eigenvalue weighted by atomic mass is 9.91. The van der Waals surface area contributed by atoms with Crippen molar-refractivity contribution in [3.63, 3.8) is 0 Å². The van der Waals surface area contributed by atoms with Gasteiger partial charge in [-0.2, -0.15) is 0 Å². The van der Waals surface area contributed by atoms with Gasteiger partial charge in [-0.05, 0) is 23.8 Å². The van der Waals surface area contributed by atoms with Gasteiger partial charge in [0.2, 0.25) is 0 Å². The fraction of sp³-hybridized carbons (Fsp3) is 0.407. The minimum Gasteiger partial charge on any atom is -0.490 e. The number of nitrogens with zero attached hydrogens (tertiary/aromatic N) is 1. The fourth-order valence-corrected chi connectivity index (χ4v) is 3.62. The summed E-state index contributed by atoms with van der Waals surface area (Å²) in [5.74, 6) is -1.58. The summed E-state index contributed by atoms with van der Waals surface area (Å²) < 4.78 is 30.9. The van der Waals surface area contributed by atoms with Crippen LogP contribution in [0.2, 0.25) is 0 Å². The predicted octanol–water partition coefficient (Wildman–Crippen LogP) is 2.51. The molecule has 11 nitrogen and oxygen atoms in total. The van der Waals surface area contributed by atoms with Gasteiger partial charge < -0.3 is 33.3 Å². The highest BCUT2D eigenvalue weighted by atomic mass is 16.5. The molecule has 0 atom stereocenters. The van der Waals surface area contributed by atoms with Crippen molar-refractivity contribution in [3.05, 3.63) is 54.1 Å². The van der Waals surface area contributed by atoms with Crippen LogP contribution >= 0.6 is 0 Å². The van der Waals surface area contributed by atoms with Crippen LogP contribution in [-0.4, -0.2) is 78.6 Å². The van der Waals surface area contributed by atoms with Gasteiger partial charge in [-0.25, -0.2) is 0 Å². The monoisotopic (exact) mass is 531 g/mol. The molecule has 206 valence electrons. The van der Waals surface area contributed by atoms with E-state index < -0.39 is 29.8 Å². The van der Waals surface area contributed by atoms with Crippen molar-refractivity contribution >= 4 is 29.6 Å². The molecule has 11 heteroatoms. The predicted molar refractivity (Wildman–Crippen MR) is 136 cm³/mol. The maximum absolute atomic E-state index is 12.0. The summed E-state index contributed by atoms with van der Waals surface area (Å²) in [7, 11) is 5.09. The zero-order chi connectivity index (χ0) is 27.9. The first-order chi connectivity index (χ1) is 18.3. The van der Waals surface area contributed by atoms with Gasteiger partial charge in [0, 0.05) is 5.92 Å². The smallest absolute Gasteiger partial charge is 0.325 e. The van der Waals surface area contributed by atoms with Gasteiger partial charge in [0.05, 0.1) is 47.0 Å². The van der Waals surface area contributed by atoms with E-state index in [1.165, 1.54) is 33.3 Å². The molecule has 0 unspecified atom stereocenters. The van der Waals surface area contributed by atoms with Crippen molar-refractivity contribution in [1.29, 1.82) is 0 Å². The molecule has 0 radical (unpaired) electrons. The summed E-state index contributed by atoms with van der Waals surface area (Å²) in [5.41, 5.74) is 1.16. The summed E-state index contributed by atoms with van der Waals surface area (Å²) in [6, 6.07) is 14.0. The Hall–Kier alpha value is -4.28. The molecular formula is C27H33NO10. The van der Waals surface area contributed by atoms with Crippen molar-refractivity contribution < 1.29 is 47.6 Å². The van der Waals surface area contributed by atoms with Crippen LogP contribution in [-0.2, 0) is 38.1 Å². The molecule has 0 bridgehead atoms. The molecule has 0 amide bonds. The van der Waals surface area contributed by atoms with Crippen LogP contribution in [0, 0.1) is 0 Å². The van der Waals surface area contributed by atoms with E-state index in [9.17, 15) is 19.2 Å². The van der Waals surface area contributed by atoms with Crippen LogP contribution in [0.4, 0.5) is 5.69 Å². The average molecular weight is 532 g/mol. The van der Waals surface area contributed by atoms with Crippen LogP contribution in [0.3, 0.4) is 0 Å². The summed E-state index contributed by atoms with van der Waals surface area (Å²) in [5, 5.41) is 0. The number of hydrogen-bond donors (Lipinski definition) is 0. The molecule has 0 N–H and O–H groups in total. The maximum atomic E-state index is 12.0. The number of methoxy groups -OCH3 is 4. The maximum Gasteiger partial charge on any atom is 0.325 e. The second-order valence-electron chi connectivity index (χ2n) is 7.97. The van der Waals surface area contributed by atoms with Gasteiger partial charge in [-0.15, -0.1) is 0 Å². The van der Waals surface area contributed by atoms with Gasteiger partial charge >= 0.3 is 23.9 Å². The quantitative estimate of drug-likeness (QED) is 0.191. The van der Waals surface area contributed by atoms with E-state index in [4.69, 9.17) is 28.4 Å². The number of hydrogen-bond acceptors (Lipinski definition) is 11. The highest BCUT2D eigenvalue weighted by Gasteiger charge is 2.24. The van der Waals surface area contributed by atoms with E-state index in [2.05, 4.69) is 0 Å². The lowest BCUT2D eigenvalue weighted by Gasteiger charge is -2.24. The topological polar surface area (TPSA) is 127 Å². The van der Waals surface area contributed by atoms with Crippen LogP contribution in [0.15, 0.2) is 48.5 Å². The second kappa shape index (κ2) is 15.7. The summed E-state index contributed by atoms with van der Waals surface area (Å²) in [6.07, 6.45) is -0.0435.